The third-order valence-electron chi connectivity index (χ3n) is 5.31. The molecule has 3 rings (SSSR count). The first kappa shape index (κ1) is 23.5. The summed E-state index contributed by atoms with van der Waals surface area (Å²) >= 11 is 0. The molecule has 2 aromatic carbocycles. The summed E-state index contributed by atoms with van der Waals surface area (Å²) in [5, 5.41) is 8.48. The summed E-state index contributed by atoms with van der Waals surface area (Å²) in [5.74, 6) is 3.41. The minimum atomic E-state index is -2.76. The van der Waals surface area contributed by atoms with Gasteiger partial charge in [0.05, 0.1) is 11.7 Å². The predicted molar refractivity (Wildman–Crippen MR) is 135 cm³/mol. The molecule has 3 N–H and O–H groups in total. The molecule has 2 amide bonds. The van der Waals surface area contributed by atoms with Crippen LogP contribution < -0.4 is 16.0 Å². The molecule has 0 saturated heterocycles. The van der Waals surface area contributed by atoms with Crippen LogP contribution in [0.25, 0.3) is 0 Å². The van der Waals surface area contributed by atoms with Crippen molar-refractivity contribution in [3.63, 3.8) is 0 Å². The van der Waals surface area contributed by atoms with Crippen LogP contribution in [0.5, 0.6) is 0 Å². The number of hydrogen-bond acceptors (Lipinski definition) is 3. The highest BCUT2D eigenvalue weighted by molar-refractivity contribution is 7.99. The van der Waals surface area contributed by atoms with E-state index in [4.69, 9.17) is 0 Å². The van der Waals surface area contributed by atoms with Crippen molar-refractivity contribution in [1.82, 2.24) is 10.6 Å². The highest BCUT2D eigenvalue weighted by atomic mass is 32.2. The fourth-order valence-electron chi connectivity index (χ4n) is 3.58. The van der Waals surface area contributed by atoms with Gasteiger partial charge in [0.25, 0.3) is 0 Å². The average Bonchev–Trinajstić information content (AvgIpc) is 3.20. The summed E-state index contributed by atoms with van der Waals surface area (Å²) in [4.78, 5) is 12.6. The molecule has 0 bridgehead atoms. The number of benzene rings is 2. The van der Waals surface area contributed by atoms with Crippen molar-refractivity contribution >= 4 is 27.1 Å². The number of nitrogens with one attached hydrogen (secondary N) is 3. The molecule has 2 aromatic rings. The van der Waals surface area contributed by atoms with Crippen LogP contribution in [0, 0.1) is 5.82 Å². The molecule has 5 nitrogen and oxygen atoms in total. The Bertz CT molecular complexity index is 1200. The zero-order chi connectivity index (χ0) is 23.3. The van der Waals surface area contributed by atoms with Crippen LogP contribution >= 0.6 is 0 Å². The summed E-state index contributed by atoms with van der Waals surface area (Å²) in [6.07, 6.45) is 4.95. The Morgan fingerprint density at radius 1 is 1.25 bits per heavy atom. The van der Waals surface area contributed by atoms with Crippen LogP contribution in [0.15, 0.2) is 78.3 Å². The lowest BCUT2D eigenvalue weighted by Gasteiger charge is -2.16. The summed E-state index contributed by atoms with van der Waals surface area (Å²) < 4.78 is 27.9. The molecule has 7 heteroatoms. The van der Waals surface area contributed by atoms with E-state index in [1.807, 2.05) is 18.2 Å². The molecule has 0 saturated carbocycles. The lowest BCUT2D eigenvalue weighted by molar-refractivity contribution is 0.250. The summed E-state index contributed by atoms with van der Waals surface area (Å²) in [5.41, 5.74) is 4.08. The van der Waals surface area contributed by atoms with E-state index in [1.165, 1.54) is 23.3 Å². The number of carbonyl (C=O) groups is 1. The van der Waals surface area contributed by atoms with E-state index in [0.29, 0.717) is 4.90 Å². The molecule has 0 aliphatic carbocycles. The Labute approximate surface area is 192 Å². The highest BCUT2D eigenvalue weighted by Crippen LogP contribution is 2.24. The molecule has 1 aliphatic rings. The Morgan fingerprint density at radius 3 is 2.69 bits per heavy atom. The average molecular weight is 458 g/mol. The van der Waals surface area contributed by atoms with Crippen molar-refractivity contribution in [2.45, 2.75) is 36.7 Å². The van der Waals surface area contributed by atoms with E-state index in [0.717, 1.165) is 24.2 Å². The van der Waals surface area contributed by atoms with Crippen molar-refractivity contribution in [2.24, 2.45) is 0 Å². The van der Waals surface area contributed by atoms with Gasteiger partial charge in [0.2, 0.25) is 0 Å². The number of anilines is 1. The van der Waals surface area contributed by atoms with Gasteiger partial charge in [-0.25, -0.2) is 9.18 Å². The van der Waals surface area contributed by atoms with Gasteiger partial charge >= 0.3 is 6.03 Å². The van der Waals surface area contributed by atoms with Crippen LogP contribution in [0.1, 0.15) is 26.5 Å². The SMILES string of the molecule is C=C/C=C(\C=C)C(C)NC(=O)Nc1ccc(S(=C)(=O)Cc2ccc3c(c2)CNC3)cc1F.[HH].[HH]. The lowest BCUT2D eigenvalue weighted by atomic mass is 10.1. The van der Waals surface area contributed by atoms with E-state index < -0.39 is 21.4 Å². The first-order chi connectivity index (χ1) is 15.2. The van der Waals surface area contributed by atoms with Gasteiger partial charge < -0.3 is 16.0 Å². The fourth-order valence-corrected chi connectivity index (χ4v) is 5.10. The second-order valence-electron chi connectivity index (χ2n) is 7.73. The molecule has 2 unspecified atom stereocenters. The monoisotopic (exact) mass is 457 g/mol. The molecule has 0 radical (unpaired) electrons. The molecule has 172 valence electrons. The van der Waals surface area contributed by atoms with E-state index in [-0.39, 0.29) is 20.3 Å². The number of hydrogen-bond donors (Lipinski definition) is 3. The zero-order valence-electron chi connectivity index (χ0n) is 18.1. The smallest absolute Gasteiger partial charge is 0.319 e. The van der Waals surface area contributed by atoms with Gasteiger partial charge in [-0.2, -0.15) is 0 Å². The number of fused-ring (bicyclic) bond motifs is 1. The highest BCUT2D eigenvalue weighted by Gasteiger charge is 2.17. The quantitative estimate of drug-likeness (QED) is 0.386. The molecule has 0 aromatic heterocycles. The van der Waals surface area contributed by atoms with Crippen LogP contribution in [0.4, 0.5) is 14.9 Å². The summed E-state index contributed by atoms with van der Waals surface area (Å²) in [6, 6.07) is 9.20. The topological polar surface area (TPSA) is 70.2 Å². The standard InChI is InChI=1S/C25H28FN3O2S.2H2/c1-5-7-19(6-2)17(3)28-25(30)29-24-11-10-22(13-23(24)26)32(4,31)16-18-8-9-20-14-27-15-21(20)12-18;;/h5-13,17,27H,1-2,4,14-16H2,3H3,(H2,28,29,30);2*1H/b19-7+;;. The Morgan fingerprint density at radius 2 is 2.00 bits per heavy atom. The van der Waals surface area contributed by atoms with Gasteiger partial charge in [-0.1, -0.05) is 49.6 Å². The van der Waals surface area contributed by atoms with Gasteiger partial charge in [-0.15, -0.1) is 0 Å². The second-order valence-corrected chi connectivity index (χ2v) is 10.1. The van der Waals surface area contributed by atoms with Gasteiger partial charge in [0, 0.05) is 36.1 Å². The number of allylic oxidation sites excluding steroid dienone is 2. The second kappa shape index (κ2) is 9.97. The number of urea groups is 1. The maximum Gasteiger partial charge on any atom is 0.319 e. The van der Waals surface area contributed by atoms with Gasteiger partial charge in [-0.3, -0.25) is 4.21 Å². The Hall–Kier alpha value is -3.16. The minimum Gasteiger partial charge on any atom is -0.331 e. The first-order valence-electron chi connectivity index (χ1n) is 10.2. The van der Waals surface area contributed by atoms with Gasteiger partial charge in [-0.05, 0) is 53.3 Å². The maximum atomic E-state index is 14.7. The van der Waals surface area contributed by atoms with E-state index >= 15 is 0 Å². The molecule has 1 aliphatic heterocycles. The van der Waals surface area contributed by atoms with E-state index in [9.17, 15) is 13.4 Å². The molecule has 2 atom stereocenters. The number of carbonyl (C=O) groups excluding carboxylic acids is 1. The molecule has 0 fully saturated rings. The third-order valence-corrected chi connectivity index (χ3v) is 7.23. The summed E-state index contributed by atoms with van der Waals surface area (Å²) in [7, 11) is -2.76. The van der Waals surface area contributed by atoms with Crippen LogP contribution in [0.3, 0.4) is 0 Å². The third kappa shape index (κ3) is 5.55. The number of rotatable bonds is 8. The molecule has 1 heterocycles. The largest absolute Gasteiger partial charge is 0.331 e. The Kier molecular flexibility index (Phi) is 7.33. The Balaban J connectivity index is 0.00000289. The van der Waals surface area contributed by atoms with Gasteiger partial charge in [0.1, 0.15) is 5.82 Å². The minimum absolute atomic E-state index is 0. The summed E-state index contributed by atoms with van der Waals surface area (Å²) in [6.45, 7) is 10.7. The first-order valence-corrected chi connectivity index (χ1v) is 12.1. The molecular weight excluding hydrogens is 425 g/mol. The van der Waals surface area contributed by atoms with Crippen LogP contribution in [-0.2, 0) is 28.4 Å². The van der Waals surface area contributed by atoms with Crippen molar-refractivity contribution < 1.29 is 16.2 Å². The zero-order valence-corrected chi connectivity index (χ0v) is 18.9. The number of halogens is 1. The van der Waals surface area contributed by atoms with Crippen LogP contribution in [-0.4, -0.2) is 22.2 Å². The maximum absolute atomic E-state index is 14.7. The van der Waals surface area contributed by atoms with Crippen molar-refractivity contribution in [1.29, 1.82) is 0 Å². The normalized spacial score (nSPS) is 15.9. The molecule has 32 heavy (non-hydrogen) atoms. The van der Waals surface area contributed by atoms with Crippen molar-refractivity contribution in [3.05, 3.63) is 95.9 Å². The van der Waals surface area contributed by atoms with E-state index in [1.54, 1.807) is 31.2 Å². The lowest BCUT2D eigenvalue weighted by Crippen LogP contribution is -2.37. The fraction of sp³-hybridized carbons (Fsp3) is 0.200. The van der Waals surface area contributed by atoms with Gasteiger partial charge in [0.15, 0.2) is 0 Å². The van der Waals surface area contributed by atoms with Crippen molar-refractivity contribution in [2.75, 3.05) is 5.32 Å². The molecular formula is C25H32FN3O2S. The van der Waals surface area contributed by atoms with E-state index in [2.05, 4.69) is 35.0 Å². The molecule has 0 spiro atoms. The van der Waals surface area contributed by atoms with Crippen molar-refractivity contribution in [3.8, 4) is 0 Å². The van der Waals surface area contributed by atoms with Crippen LogP contribution in [0.2, 0.25) is 0 Å². The predicted octanol–water partition coefficient (Wildman–Crippen LogP) is 5.00. The number of amides is 2.